The Labute approximate surface area is 189 Å². The fourth-order valence-corrected chi connectivity index (χ4v) is 6.38. The van der Waals surface area contributed by atoms with Gasteiger partial charge in [0, 0.05) is 0 Å². The number of fused-ring (bicyclic) bond motifs is 2. The molecule has 3 aromatic carbocycles. The summed E-state index contributed by atoms with van der Waals surface area (Å²) in [5, 5.41) is 0. The second-order valence-corrected chi connectivity index (χ2v) is 9.68. The van der Waals surface area contributed by atoms with E-state index in [-0.39, 0.29) is 0 Å². The molecule has 162 valence electrons. The lowest BCUT2D eigenvalue weighted by molar-refractivity contribution is 0.143. The first-order valence-corrected chi connectivity index (χ1v) is 12.2. The van der Waals surface area contributed by atoms with Crippen molar-refractivity contribution in [2.75, 3.05) is 0 Å². The van der Waals surface area contributed by atoms with Gasteiger partial charge >= 0.3 is 0 Å². The van der Waals surface area contributed by atoms with Gasteiger partial charge in [0.15, 0.2) is 0 Å². The fraction of sp³-hybridized carbons (Fsp3) is 0.419. The van der Waals surface area contributed by atoms with Gasteiger partial charge in [0.2, 0.25) is 0 Å². The predicted molar refractivity (Wildman–Crippen MR) is 134 cm³/mol. The molecule has 5 rings (SSSR count). The Morgan fingerprint density at radius 2 is 1.39 bits per heavy atom. The van der Waals surface area contributed by atoms with E-state index >= 15 is 0 Å². The summed E-state index contributed by atoms with van der Waals surface area (Å²) in [6.07, 6.45) is 4.88. The molecule has 31 heavy (non-hydrogen) atoms. The summed E-state index contributed by atoms with van der Waals surface area (Å²) in [5.74, 6) is 1.30. The third-order valence-electron chi connectivity index (χ3n) is 8.40. The van der Waals surface area contributed by atoms with Crippen LogP contribution in [0.4, 0.5) is 0 Å². The summed E-state index contributed by atoms with van der Waals surface area (Å²) in [6.45, 7) is 13.5. The minimum Gasteiger partial charge on any atom is -0.0683 e. The van der Waals surface area contributed by atoms with Crippen molar-refractivity contribution in [3.8, 4) is 0 Å². The first-order valence-electron chi connectivity index (χ1n) is 12.2. The number of rotatable bonds is 3. The van der Waals surface area contributed by atoms with Crippen molar-refractivity contribution in [2.45, 2.75) is 73.1 Å². The number of benzene rings is 3. The van der Waals surface area contributed by atoms with E-state index in [0.29, 0.717) is 17.3 Å². The maximum atomic E-state index is 2.52. The Balaban J connectivity index is 0.00000112. The summed E-state index contributed by atoms with van der Waals surface area (Å²) in [5.41, 5.74) is 12.7. The Hall–Kier alpha value is -2.34. The third-order valence-corrected chi connectivity index (χ3v) is 8.40. The van der Waals surface area contributed by atoms with Crippen LogP contribution in [0.25, 0.3) is 0 Å². The van der Waals surface area contributed by atoms with E-state index in [2.05, 4.69) is 88.4 Å². The summed E-state index contributed by atoms with van der Waals surface area (Å²) in [7, 11) is 0. The van der Waals surface area contributed by atoms with Crippen LogP contribution in [-0.2, 0) is 25.7 Å². The van der Waals surface area contributed by atoms with Crippen LogP contribution < -0.4 is 0 Å². The van der Waals surface area contributed by atoms with E-state index in [9.17, 15) is 0 Å². The van der Waals surface area contributed by atoms with Crippen LogP contribution in [0.15, 0.2) is 60.7 Å². The maximum Gasteiger partial charge on any atom is -0.0116 e. The van der Waals surface area contributed by atoms with Gasteiger partial charge in [0.1, 0.15) is 0 Å². The molecule has 0 nitrogen and oxygen atoms in total. The zero-order chi connectivity index (χ0) is 22.2. The topological polar surface area (TPSA) is 0 Å². The molecule has 0 aliphatic heterocycles. The van der Waals surface area contributed by atoms with Crippen LogP contribution in [0.3, 0.4) is 0 Å². The highest BCUT2D eigenvalue weighted by Crippen LogP contribution is 2.57. The van der Waals surface area contributed by atoms with Gasteiger partial charge < -0.3 is 0 Å². The summed E-state index contributed by atoms with van der Waals surface area (Å²) < 4.78 is 0. The summed E-state index contributed by atoms with van der Waals surface area (Å²) in [6, 6.07) is 22.9. The van der Waals surface area contributed by atoms with Gasteiger partial charge in [-0.25, -0.2) is 0 Å². The normalized spacial score (nSPS) is 21.9. The van der Waals surface area contributed by atoms with Crippen LogP contribution in [0, 0.1) is 32.1 Å². The van der Waals surface area contributed by atoms with Crippen molar-refractivity contribution in [3.05, 3.63) is 105 Å². The minimum absolute atomic E-state index is 0.299. The van der Waals surface area contributed by atoms with Crippen molar-refractivity contribution in [1.82, 2.24) is 0 Å². The lowest BCUT2D eigenvalue weighted by atomic mass is 9.63. The zero-order valence-corrected chi connectivity index (χ0v) is 20.3. The lowest BCUT2D eigenvalue weighted by Crippen LogP contribution is -2.37. The summed E-state index contributed by atoms with van der Waals surface area (Å²) >= 11 is 0. The number of hydrogen-bond acceptors (Lipinski definition) is 0. The molecule has 0 radical (unpaired) electrons. The van der Waals surface area contributed by atoms with Crippen LogP contribution in [0.1, 0.15) is 71.2 Å². The van der Waals surface area contributed by atoms with E-state index < -0.39 is 0 Å². The first kappa shape index (κ1) is 21.9. The Kier molecular flexibility index (Phi) is 6.11. The molecule has 0 saturated heterocycles. The molecule has 0 N–H and O–H groups in total. The largest absolute Gasteiger partial charge is 0.0683 e. The molecule has 2 atom stereocenters. The Bertz CT molecular complexity index is 1030. The molecule has 0 bridgehead atoms. The quantitative estimate of drug-likeness (QED) is 0.411. The molecule has 0 spiro atoms. The van der Waals surface area contributed by atoms with Gasteiger partial charge in [-0.1, -0.05) is 81.4 Å². The molecule has 0 heteroatoms. The smallest absolute Gasteiger partial charge is 0.0116 e. The first-order chi connectivity index (χ1) is 15.0. The number of hydrogen-bond donors (Lipinski definition) is 0. The molecule has 0 saturated carbocycles. The zero-order valence-electron chi connectivity index (χ0n) is 20.3. The molecular formula is C31H38. The van der Waals surface area contributed by atoms with Gasteiger partial charge in [-0.2, -0.15) is 0 Å². The third kappa shape index (κ3) is 3.65. The van der Waals surface area contributed by atoms with Crippen molar-refractivity contribution in [3.63, 3.8) is 0 Å². The molecule has 2 unspecified atom stereocenters. The van der Waals surface area contributed by atoms with Gasteiger partial charge in [0.05, 0.1) is 0 Å². The molecule has 3 aromatic rings. The van der Waals surface area contributed by atoms with E-state index in [1.54, 1.807) is 22.3 Å². The van der Waals surface area contributed by atoms with Crippen molar-refractivity contribution < 1.29 is 0 Å². The van der Waals surface area contributed by atoms with E-state index in [4.69, 9.17) is 0 Å². The highest BCUT2D eigenvalue weighted by atomic mass is 14.5. The maximum absolute atomic E-state index is 2.52. The molecule has 0 aromatic heterocycles. The Morgan fingerprint density at radius 1 is 0.806 bits per heavy atom. The fourth-order valence-electron chi connectivity index (χ4n) is 6.38. The Morgan fingerprint density at radius 3 is 2.00 bits per heavy atom. The van der Waals surface area contributed by atoms with Crippen LogP contribution >= 0.6 is 0 Å². The van der Waals surface area contributed by atoms with E-state index in [0.717, 1.165) is 0 Å². The summed E-state index contributed by atoms with van der Waals surface area (Å²) in [4.78, 5) is 0. The van der Waals surface area contributed by atoms with Crippen molar-refractivity contribution in [2.24, 2.45) is 11.3 Å². The average molecular weight is 411 g/mol. The lowest BCUT2D eigenvalue weighted by Gasteiger charge is -2.40. The molecule has 0 amide bonds. The predicted octanol–water partition coefficient (Wildman–Crippen LogP) is 7.94. The van der Waals surface area contributed by atoms with Gasteiger partial charge in [-0.05, 0) is 108 Å². The average Bonchev–Trinajstić information content (AvgIpc) is 3.35. The molecular weight excluding hydrogens is 372 g/mol. The van der Waals surface area contributed by atoms with Crippen molar-refractivity contribution >= 4 is 0 Å². The number of aryl methyl sites for hydroxylation is 1. The SMILES string of the molecule is CC.Cc1cc2c(c(C)c1C)CC(Cc1ccccc1)(C1Cc3ccccc3C1)C2C. The molecule has 0 fully saturated rings. The second-order valence-electron chi connectivity index (χ2n) is 9.68. The highest BCUT2D eigenvalue weighted by Gasteiger charge is 2.50. The monoisotopic (exact) mass is 410 g/mol. The van der Waals surface area contributed by atoms with Gasteiger partial charge in [0.25, 0.3) is 0 Å². The molecule has 0 heterocycles. The van der Waals surface area contributed by atoms with Gasteiger partial charge in [-0.15, -0.1) is 0 Å². The van der Waals surface area contributed by atoms with Crippen molar-refractivity contribution in [1.29, 1.82) is 0 Å². The van der Waals surface area contributed by atoms with Crippen LogP contribution in [0.5, 0.6) is 0 Å². The second kappa shape index (κ2) is 8.65. The highest BCUT2D eigenvalue weighted by molar-refractivity contribution is 5.51. The minimum atomic E-state index is 0.299. The standard InChI is InChI=1S/C29H32.C2H6/c1-19-14-27-22(4)29(17-23-10-6-5-7-11-23,18-28(27)21(3)20(19)2)26-15-24-12-8-9-13-25(24)16-26;1-2/h5-14,22,26H,15-18H2,1-4H3;1-2H3. The van der Waals surface area contributed by atoms with E-state index in [1.165, 1.54) is 47.9 Å². The van der Waals surface area contributed by atoms with Gasteiger partial charge in [-0.3, -0.25) is 0 Å². The van der Waals surface area contributed by atoms with Crippen LogP contribution in [0.2, 0.25) is 0 Å². The van der Waals surface area contributed by atoms with Crippen LogP contribution in [-0.4, -0.2) is 0 Å². The molecule has 2 aliphatic rings. The molecule has 2 aliphatic carbocycles. The van der Waals surface area contributed by atoms with E-state index in [1.807, 2.05) is 13.8 Å².